The molecule has 0 fully saturated rings. The van der Waals surface area contributed by atoms with Crippen molar-refractivity contribution >= 4 is 27.3 Å². The summed E-state index contributed by atoms with van der Waals surface area (Å²) in [7, 11) is -8.46. The quantitative estimate of drug-likeness (QED) is 0.154. The van der Waals surface area contributed by atoms with Crippen LogP contribution in [0.2, 0.25) is 0 Å². The first-order valence-corrected chi connectivity index (χ1v) is 7.05. The molecule has 0 aromatic carbocycles. The van der Waals surface area contributed by atoms with Gasteiger partial charge in [0.1, 0.15) is 0 Å². The van der Waals surface area contributed by atoms with Gasteiger partial charge in [0.05, 0.1) is 0 Å². The van der Waals surface area contributed by atoms with E-state index in [1.165, 1.54) is 0 Å². The van der Waals surface area contributed by atoms with Crippen molar-refractivity contribution in [2.24, 2.45) is 5.73 Å². The second-order valence-electron chi connectivity index (χ2n) is 2.81. The molecule has 0 radical (unpaired) electrons. The van der Waals surface area contributed by atoms with E-state index in [0.29, 0.717) is 4.90 Å². The molecule has 12 nitrogen and oxygen atoms in total. The molecule has 1 unspecified atom stereocenters. The largest absolute Gasteiger partial charge is 0.479 e. The molecule has 9 N–H and O–H groups in total. The Labute approximate surface area is 101 Å². The third-order valence-corrected chi connectivity index (χ3v) is 2.49. The van der Waals surface area contributed by atoms with Gasteiger partial charge in [-0.3, -0.25) is 9.97 Å². The van der Waals surface area contributed by atoms with Gasteiger partial charge >= 0.3 is 21.4 Å². The van der Waals surface area contributed by atoms with E-state index in [4.69, 9.17) is 45.3 Å². The average molecular weight is 309 g/mol. The molecular formula is C4H13N3O9P2. The van der Waals surface area contributed by atoms with Crippen LogP contribution in [0.3, 0.4) is 0 Å². The fourth-order valence-electron chi connectivity index (χ4n) is 0.667. The van der Waals surface area contributed by atoms with Crippen molar-refractivity contribution in [3.8, 4) is 0 Å². The summed E-state index contributed by atoms with van der Waals surface area (Å²) in [6.45, 7) is 0. The summed E-state index contributed by atoms with van der Waals surface area (Å²) in [5.74, 6) is -4.56. The molecule has 0 saturated heterocycles. The van der Waals surface area contributed by atoms with Gasteiger partial charge in [-0.05, 0) is 0 Å². The van der Waals surface area contributed by atoms with E-state index in [1.807, 2.05) is 0 Å². The number of nitrogens with zero attached hydrogens (tertiary/aromatic N) is 1. The third-order valence-electron chi connectivity index (χ3n) is 1.29. The van der Waals surface area contributed by atoms with Crippen molar-refractivity contribution in [3.63, 3.8) is 0 Å². The molecular weight excluding hydrogens is 296 g/mol. The number of phosphoric acid groups is 1. The van der Waals surface area contributed by atoms with Crippen LogP contribution in [0.5, 0.6) is 0 Å². The second kappa shape index (κ2) is 6.81. The van der Waals surface area contributed by atoms with Crippen LogP contribution in [0, 0.1) is 5.41 Å². The van der Waals surface area contributed by atoms with Crippen LogP contribution in [-0.4, -0.2) is 59.2 Å². The Morgan fingerprint density at radius 2 is 1.50 bits per heavy atom. The second-order valence-corrected chi connectivity index (χ2v) is 5.50. The first kappa shape index (κ1) is 19.3. The van der Waals surface area contributed by atoms with Gasteiger partial charge in [0, 0.05) is 7.05 Å². The lowest BCUT2D eigenvalue weighted by atomic mass is 10.6. The van der Waals surface area contributed by atoms with Gasteiger partial charge in [0.25, 0.3) is 0 Å². The van der Waals surface area contributed by atoms with E-state index < -0.39 is 33.1 Å². The SMILES string of the molecule is CN(C(=N)N)C(C(=O)O)P(=O)(O)O.O=P(O)(O)O. The zero-order valence-corrected chi connectivity index (χ0v) is 10.7. The molecule has 108 valence electrons. The molecule has 0 spiro atoms. The molecule has 0 amide bonds. The molecule has 0 bridgehead atoms. The lowest BCUT2D eigenvalue weighted by Crippen LogP contribution is -2.45. The zero-order chi connectivity index (χ0) is 15.3. The number of nitrogens with two attached hydrogens (primary N) is 1. The summed E-state index contributed by atoms with van der Waals surface area (Å²) in [5, 5.41) is 15.2. The van der Waals surface area contributed by atoms with Crippen molar-refractivity contribution in [1.29, 1.82) is 5.41 Å². The molecule has 0 saturated carbocycles. The normalized spacial score (nSPS) is 13.0. The Balaban J connectivity index is 0. The molecule has 0 aliphatic carbocycles. The summed E-state index contributed by atoms with van der Waals surface area (Å²) in [6.07, 6.45) is 0. The van der Waals surface area contributed by atoms with E-state index in [9.17, 15) is 9.36 Å². The minimum absolute atomic E-state index is 0.489. The maximum Gasteiger partial charge on any atom is 0.466 e. The Bertz CT molecular complexity index is 390. The molecule has 14 heteroatoms. The maximum absolute atomic E-state index is 10.6. The van der Waals surface area contributed by atoms with Crippen LogP contribution in [0.15, 0.2) is 0 Å². The minimum atomic E-state index is -4.84. The summed E-state index contributed by atoms with van der Waals surface area (Å²) < 4.78 is 19.5. The number of guanidine groups is 1. The van der Waals surface area contributed by atoms with Crippen LogP contribution in [0.25, 0.3) is 0 Å². The summed E-state index contributed by atoms with van der Waals surface area (Å²) in [6, 6.07) is 0. The standard InChI is InChI=1S/C4H10N3O5P.H3O4P/c1-7(4(5)6)2(3(8)9)13(10,11)12;1-5(2,3)4/h2H,1H3,(H3,5,6)(H,8,9)(H2,10,11,12);(H3,1,2,3,4). The van der Waals surface area contributed by atoms with E-state index in [0.717, 1.165) is 7.05 Å². The van der Waals surface area contributed by atoms with Crippen molar-refractivity contribution < 1.29 is 43.5 Å². The molecule has 0 aromatic rings. The first-order chi connectivity index (χ1) is 7.68. The van der Waals surface area contributed by atoms with Crippen LogP contribution < -0.4 is 5.73 Å². The fraction of sp³-hybridized carbons (Fsp3) is 0.500. The topological polar surface area (TPSA) is 226 Å². The number of likely N-dealkylation sites (N-methyl/N-ethyl adjacent to an activating group) is 1. The number of hydrogen-bond acceptors (Lipinski definition) is 4. The average Bonchev–Trinajstić information content (AvgIpc) is 1.96. The molecule has 18 heavy (non-hydrogen) atoms. The van der Waals surface area contributed by atoms with Crippen molar-refractivity contribution in [2.75, 3.05) is 7.05 Å². The lowest BCUT2D eigenvalue weighted by molar-refractivity contribution is -0.139. The maximum atomic E-state index is 10.6. The van der Waals surface area contributed by atoms with Crippen molar-refractivity contribution in [1.82, 2.24) is 4.90 Å². The number of carboxylic acids is 1. The Morgan fingerprint density at radius 1 is 1.22 bits per heavy atom. The van der Waals surface area contributed by atoms with E-state index >= 15 is 0 Å². The summed E-state index contributed by atoms with van der Waals surface area (Å²) >= 11 is 0. The molecule has 0 heterocycles. The summed E-state index contributed by atoms with van der Waals surface area (Å²) in [5.41, 5.74) is 4.87. The van der Waals surface area contributed by atoms with Gasteiger partial charge in [-0.1, -0.05) is 0 Å². The van der Waals surface area contributed by atoms with Gasteiger partial charge in [-0.15, -0.1) is 0 Å². The van der Waals surface area contributed by atoms with Crippen LogP contribution in [0.1, 0.15) is 0 Å². The van der Waals surface area contributed by atoms with Gasteiger partial charge in [-0.25, -0.2) is 9.36 Å². The number of carboxylic acid groups (broad SMARTS) is 1. The number of nitrogens with one attached hydrogen (secondary N) is 1. The highest BCUT2D eigenvalue weighted by Gasteiger charge is 2.40. The van der Waals surface area contributed by atoms with Gasteiger partial charge in [0.15, 0.2) is 5.96 Å². The Morgan fingerprint density at radius 3 is 1.56 bits per heavy atom. The first-order valence-electron chi connectivity index (χ1n) is 3.81. The number of hydrogen-bond donors (Lipinski definition) is 8. The smallest absolute Gasteiger partial charge is 0.466 e. The van der Waals surface area contributed by atoms with E-state index in [2.05, 4.69) is 0 Å². The van der Waals surface area contributed by atoms with Gasteiger partial charge in [0.2, 0.25) is 5.78 Å². The fourth-order valence-corrected chi connectivity index (χ4v) is 1.53. The van der Waals surface area contributed by atoms with Crippen molar-refractivity contribution in [2.45, 2.75) is 5.78 Å². The third kappa shape index (κ3) is 10.2. The highest BCUT2D eigenvalue weighted by atomic mass is 31.2. The van der Waals surface area contributed by atoms with Crippen LogP contribution in [-0.2, 0) is 13.9 Å². The monoisotopic (exact) mass is 309 g/mol. The molecule has 1 atom stereocenters. The molecule has 0 aliphatic heterocycles. The van der Waals surface area contributed by atoms with Gasteiger partial charge in [-0.2, -0.15) is 0 Å². The minimum Gasteiger partial charge on any atom is -0.479 e. The molecule has 0 aromatic heterocycles. The molecule has 0 rings (SSSR count). The van der Waals surface area contributed by atoms with Crippen LogP contribution in [0.4, 0.5) is 0 Å². The summed E-state index contributed by atoms with van der Waals surface area (Å²) in [4.78, 5) is 49.7. The zero-order valence-electron chi connectivity index (χ0n) is 8.90. The highest BCUT2D eigenvalue weighted by Crippen LogP contribution is 2.42. The van der Waals surface area contributed by atoms with E-state index in [-0.39, 0.29) is 0 Å². The highest BCUT2D eigenvalue weighted by molar-refractivity contribution is 7.53. The predicted octanol–water partition coefficient (Wildman–Crippen LogP) is -2.53. The lowest BCUT2D eigenvalue weighted by Gasteiger charge is -2.24. The number of carbonyl (C=O) groups is 1. The van der Waals surface area contributed by atoms with Crippen LogP contribution >= 0.6 is 15.4 Å². The molecule has 0 aliphatic rings. The van der Waals surface area contributed by atoms with E-state index in [1.54, 1.807) is 0 Å². The van der Waals surface area contributed by atoms with Crippen molar-refractivity contribution in [3.05, 3.63) is 0 Å². The Kier molecular flexibility index (Phi) is 7.31. The predicted molar refractivity (Wildman–Crippen MR) is 57.4 cm³/mol. The number of rotatable bonds is 3. The Hall–Kier alpha value is -1.00. The number of aliphatic carboxylic acids is 1. The van der Waals surface area contributed by atoms with Gasteiger partial charge < -0.3 is 40.2 Å².